The van der Waals surface area contributed by atoms with Crippen molar-refractivity contribution >= 4 is 22.9 Å². The molecule has 3 nitrogen and oxygen atoms in total. The molecule has 0 saturated heterocycles. The molecule has 3 rings (SSSR count). The number of hydrogen-bond acceptors (Lipinski definition) is 3. The first-order valence-electron chi connectivity index (χ1n) is 7.71. The van der Waals surface area contributed by atoms with E-state index in [1.807, 2.05) is 55.5 Å². The first-order chi connectivity index (χ1) is 11.0. The van der Waals surface area contributed by atoms with Crippen LogP contribution in [0.15, 0.2) is 65.8 Å². The summed E-state index contributed by atoms with van der Waals surface area (Å²) in [7, 11) is 0. The SMILES string of the molecule is CC1=NN(C(=S)c2ccccc2)[C@](C)(O)[C@@H]1Cc1ccccc1. The fraction of sp³-hybridized carbons (Fsp3) is 0.263. The van der Waals surface area contributed by atoms with Gasteiger partial charge >= 0.3 is 0 Å². The molecular formula is C19H20N2OS. The maximum absolute atomic E-state index is 11.1. The Kier molecular flexibility index (Phi) is 4.28. The second-order valence-electron chi connectivity index (χ2n) is 6.06. The van der Waals surface area contributed by atoms with Gasteiger partial charge in [-0.3, -0.25) is 0 Å². The Labute approximate surface area is 142 Å². The first-order valence-corrected chi connectivity index (χ1v) is 8.12. The van der Waals surface area contributed by atoms with Gasteiger partial charge in [-0.1, -0.05) is 72.9 Å². The quantitative estimate of drug-likeness (QED) is 0.876. The zero-order chi connectivity index (χ0) is 16.4. The van der Waals surface area contributed by atoms with Crippen LogP contribution in [-0.2, 0) is 6.42 Å². The van der Waals surface area contributed by atoms with E-state index in [1.54, 1.807) is 11.9 Å². The van der Waals surface area contributed by atoms with E-state index >= 15 is 0 Å². The number of benzene rings is 2. The van der Waals surface area contributed by atoms with Crippen LogP contribution in [0.4, 0.5) is 0 Å². The number of thiocarbonyl (C=S) groups is 1. The van der Waals surface area contributed by atoms with Crippen molar-refractivity contribution in [1.82, 2.24) is 5.01 Å². The zero-order valence-electron chi connectivity index (χ0n) is 13.3. The van der Waals surface area contributed by atoms with Gasteiger partial charge < -0.3 is 5.11 Å². The van der Waals surface area contributed by atoms with Crippen molar-refractivity contribution in [1.29, 1.82) is 0 Å². The Morgan fingerprint density at radius 2 is 1.70 bits per heavy atom. The van der Waals surface area contributed by atoms with Crippen molar-refractivity contribution in [2.45, 2.75) is 26.0 Å². The van der Waals surface area contributed by atoms with E-state index in [1.165, 1.54) is 5.56 Å². The van der Waals surface area contributed by atoms with E-state index in [-0.39, 0.29) is 5.92 Å². The summed E-state index contributed by atoms with van der Waals surface area (Å²) in [6, 6.07) is 19.9. The van der Waals surface area contributed by atoms with Gasteiger partial charge in [0, 0.05) is 11.3 Å². The van der Waals surface area contributed by atoms with Crippen LogP contribution in [0.2, 0.25) is 0 Å². The van der Waals surface area contributed by atoms with Crippen LogP contribution in [0.25, 0.3) is 0 Å². The maximum atomic E-state index is 11.1. The highest BCUT2D eigenvalue weighted by atomic mass is 32.1. The third-order valence-electron chi connectivity index (χ3n) is 4.35. The summed E-state index contributed by atoms with van der Waals surface area (Å²) < 4.78 is 0. The summed E-state index contributed by atoms with van der Waals surface area (Å²) in [5.74, 6) is -0.0911. The van der Waals surface area contributed by atoms with Crippen molar-refractivity contribution in [3.8, 4) is 0 Å². The number of hydrogen-bond donors (Lipinski definition) is 1. The van der Waals surface area contributed by atoms with Crippen molar-refractivity contribution < 1.29 is 5.11 Å². The summed E-state index contributed by atoms with van der Waals surface area (Å²) in [4.78, 5) is 0.547. The highest BCUT2D eigenvalue weighted by molar-refractivity contribution is 7.80. The summed E-state index contributed by atoms with van der Waals surface area (Å²) >= 11 is 5.56. The minimum absolute atomic E-state index is 0.0911. The van der Waals surface area contributed by atoms with Crippen LogP contribution in [0, 0.1) is 5.92 Å². The average molecular weight is 324 g/mol. The standard InChI is InChI=1S/C19H20N2OS/c1-14-17(13-15-9-5-3-6-10-15)19(2,22)21(20-14)18(23)16-11-7-4-8-12-16/h3-12,17,22H,13H2,1-2H3/t17-,19-/m1/s1. The molecule has 0 spiro atoms. The number of hydrazone groups is 1. The van der Waals surface area contributed by atoms with Crippen molar-refractivity contribution in [2.24, 2.45) is 11.0 Å². The Bertz CT molecular complexity index is 726. The topological polar surface area (TPSA) is 35.8 Å². The van der Waals surface area contributed by atoms with Crippen LogP contribution >= 0.6 is 12.2 Å². The molecule has 1 N–H and O–H groups in total. The highest BCUT2D eigenvalue weighted by Gasteiger charge is 2.46. The van der Waals surface area contributed by atoms with Crippen molar-refractivity contribution in [3.63, 3.8) is 0 Å². The van der Waals surface area contributed by atoms with E-state index in [4.69, 9.17) is 12.2 Å². The molecule has 0 saturated carbocycles. The lowest BCUT2D eigenvalue weighted by Crippen LogP contribution is -2.49. The molecule has 0 amide bonds. The van der Waals surface area contributed by atoms with Gasteiger partial charge in [0.25, 0.3) is 0 Å². The molecule has 118 valence electrons. The molecule has 4 heteroatoms. The van der Waals surface area contributed by atoms with Crippen LogP contribution < -0.4 is 0 Å². The minimum Gasteiger partial charge on any atom is -0.369 e. The molecule has 1 aliphatic rings. The minimum atomic E-state index is -1.13. The van der Waals surface area contributed by atoms with Crippen LogP contribution in [0.1, 0.15) is 25.0 Å². The smallest absolute Gasteiger partial charge is 0.165 e. The van der Waals surface area contributed by atoms with Crippen LogP contribution in [-0.4, -0.2) is 26.5 Å². The van der Waals surface area contributed by atoms with Gasteiger partial charge in [0.1, 0.15) is 4.99 Å². The third kappa shape index (κ3) is 3.05. The summed E-state index contributed by atoms with van der Waals surface area (Å²) in [6.07, 6.45) is 0.733. The predicted octanol–water partition coefficient (Wildman–Crippen LogP) is 3.62. The second kappa shape index (κ2) is 6.22. The highest BCUT2D eigenvalue weighted by Crippen LogP contribution is 2.34. The second-order valence-corrected chi connectivity index (χ2v) is 6.45. The monoisotopic (exact) mass is 324 g/mol. The molecule has 0 unspecified atom stereocenters. The molecule has 0 aliphatic carbocycles. The maximum Gasteiger partial charge on any atom is 0.165 e. The van der Waals surface area contributed by atoms with Crippen molar-refractivity contribution in [3.05, 3.63) is 71.8 Å². The lowest BCUT2D eigenvalue weighted by molar-refractivity contribution is -0.0636. The molecule has 1 aliphatic heterocycles. The van der Waals surface area contributed by atoms with E-state index in [9.17, 15) is 5.11 Å². The van der Waals surface area contributed by atoms with Gasteiger partial charge in [0.2, 0.25) is 0 Å². The number of nitrogens with zero attached hydrogens (tertiary/aromatic N) is 2. The lowest BCUT2D eigenvalue weighted by atomic mass is 9.87. The fourth-order valence-electron chi connectivity index (χ4n) is 3.02. The molecular weight excluding hydrogens is 304 g/mol. The molecule has 23 heavy (non-hydrogen) atoms. The predicted molar refractivity (Wildman–Crippen MR) is 97.3 cm³/mol. The molecule has 0 radical (unpaired) electrons. The normalized spacial score (nSPS) is 23.7. The summed E-state index contributed by atoms with van der Waals surface area (Å²) in [5.41, 5.74) is 1.84. The molecule has 0 fully saturated rings. The molecule has 1 heterocycles. The Balaban J connectivity index is 1.86. The van der Waals surface area contributed by atoms with Gasteiger partial charge in [-0.15, -0.1) is 0 Å². The molecule has 0 bridgehead atoms. The Morgan fingerprint density at radius 3 is 2.30 bits per heavy atom. The van der Waals surface area contributed by atoms with E-state index in [0.29, 0.717) is 4.99 Å². The molecule has 0 aromatic heterocycles. The number of rotatable bonds is 3. The number of aliphatic hydroxyl groups is 1. The Hall–Kier alpha value is -2.04. The summed E-state index contributed by atoms with van der Waals surface area (Å²) in [6.45, 7) is 3.74. The Morgan fingerprint density at radius 1 is 1.13 bits per heavy atom. The largest absolute Gasteiger partial charge is 0.369 e. The van der Waals surface area contributed by atoms with E-state index in [0.717, 1.165) is 17.7 Å². The molecule has 2 aromatic rings. The van der Waals surface area contributed by atoms with Gasteiger partial charge in [-0.25, -0.2) is 5.01 Å². The molecule has 2 atom stereocenters. The van der Waals surface area contributed by atoms with Gasteiger partial charge in [-0.2, -0.15) is 5.10 Å². The van der Waals surface area contributed by atoms with Crippen LogP contribution in [0.3, 0.4) is 0 Å². The average Bonchev–Trinajstić information content (AvgIpc) is 2.79. The zero-order valence-corrected chi connectivity index (χ0v) is 14.1. The fourth-order valence-corrected chi connectivity index (χ4v) is 3.38. The van der Waals surface area contributed by atoms with Crippen molar-refractivity contribution in [2.75, 3.05) is 0 Å². The lowest BCUT2D eigenvalue weighted by Gasteiger charge is -2.34. The van der Waals surface area contributed by atoms with E-state index in [2.05, 4.69) is 17.2 Å². The third-order valence-corrected chi connectivity index (χ3v) is 4.76. The summed E-state index contributed by atoms with van der Waals surface area (Å²) in [5, 5.41) is 17.2. The van der Waals surface area contributed by atoms with Gasteiger partial charge in [0.15, 0.2) is 5.72 Å². The first kappa shape index (κ1) is 15.8. The molecule has 2 aromatic carbocycles. The van der Waals surface area contributed by atoms with Gasteiger partial charge in [0.05, 0.1) is 5.92 Å². The van der Waals surface area contributed by atoms with Gasteiger partial charge in [-0.05, 0) is 25.8 Å². The van der Waals surface area contributed by atoms with E-state index < -0.39 is 5.72 Å². The van der Waals surface area contributed by atoms with Crippen LogP contribution in [0.5, 0.6) is 0 Å².